The van der Waals surface area contributed by atoms with Crippen LogP contribution < -0.4 is 0 Å². The molecule has 1 aromatic heterocycles. The van der Waals surface area contributed by atoms with Crippen molar-refractivity contribution < 1.29 is 4.79 Å². The Morgan fingerprint density at radius 2 is 2.05 bits per heavy atom. The van der Waals surface area contributed by atoms with Crippen molar-refractivity contribution in [2.24, 2.45) is 0 Å². The van der Waals surface area contributed by atoms with Crippen molar-refractivity contribution in [1.29, 1.82) is 0 Å². The van der Waals surface area contributed by atoms with Crippen LogP contribution in [0.25, 0.3) is 0 Å². The van der Waals surface area contributed by atoms with Crippen molar-refractivity contribution in [1.82, 2.24) is 9.78 Å². The summed E-state index contributed by atoms with van der Waals surface area (Å²) in [6.45, 7) is 2.62. The predicted molar refractivity (Wildman–Crippen MR) is 79.2 cm³/mol. The van der Waals surface area contributed by atoms with Gasteiger partial charge in [0.2, 0.25) is 0 Å². The quantitative estimate of drug-likeness (QED) is 0.801. The molecule has 104 valence electrons. The summed E-state index contributed by atoms with van der Waals surface area (Å²) < 4.78 is 1.70. The van der Waals surface area contributed by atoms with Crippen molar-refractivity contribution in [3.8, 4) is 0 Å². The number of aromatic nitrogens is 2. The van der Waals surface area contributed by atoms with Gasteiger partial charge in [0.15, 0.2) is 5.78 Å². The third-order valence-electron chi connectivity index (χ3n) is 4.28. The summed E-state index contributed by atoms with van der Waals surface area (Å²) in [6.07, 6.45) is 4.43. The Morgan fingerprint density at radius 3 is 2.60 bits per heavy atom. The summed E-state index contributed by atoms with van der Waals surface area (Å²) in [4.78, 5) is 13.1. The summed E-state index contributed by atoms with van der Waals surface area (Å²) >= 11 is 6.19. The number of carbonyl (C=O) groups excluding carboxylic acids is 1. The molecule has 1 aliphatic carbocycles. The molecular formula is C16H17ClN2O. The number of ketones is 1. The van der Waals surface area contributed by atoms with E-state index >= 15 is 0 Å². The van der Waals surface area contributed by atoms with Crippen LogP contribution in [0.5, 0.6) is 0 Å². The van der Waals surface area contributed by atoms with E-state index in [4.69, 9.17) is 11.6 Å². The number of Topliss-reactive ketones (excluding diaryl/α,β-unsaturated/α-hetero) is 1. The minimum atomic E-state index is -0.405. The van der Waals surface area contributed by atoms with E-state index in [9.17, 15) is 4.79 Å². The predicted octanol–water partition coefficient (Wildman–Crippen LogP) is 3.86. The second-order valence-corrected chi connectivity index (χ2v) is 5.69. The van der Waals surface area contributed by atoms with Gasteiger partial charge in [-0.05, 0) is 25.3 Å². The van der Waals surface area contributed by atoms with Crippen LogP contribution in [0.2, 0.25) is 5.02 Å². The highest BCUT2D eigenvalue weighted by Gasteiger charge is 2.47. The third-order valence-corrected chi connectivity index (χ3v) is 4.55. The highest BCUT2D eigenvalue weighted by atomic mass is 35.5. The molecule has 0 saturated heterocycles. The number of hydrogen-bond donors (Lipinski definition) is 0. The van der Waals surface area contributed by atoms with Crippen molar-refractivity contribution in [3.63, 3.8) is 0 Å². The zero-order chi connectivity index (χ0) is 14.2. The number of halogens is 1. The maximum atomic E-state index is 13.1. The number of aryl methyl sites for hydroxylation is 1. The molecule has 0 spiro atoms. The fourth-order valence-corrected chi connectivity index (χ4v) is 3.22. The fourth-order valence-electron chi connectivity index (χ4n) is 2.99. The van der Waals surface area contributed by atoms with E-state index in [1.807, 2.05) is 37.3 Å². The van der Waals surface area contributed by atoms with E-state index in [-0.39, 0.29) is 5.78 Å². The summed E-state index contributed by atoms with van der Waals surface area (Å²) in [5.74, 6) is 0.110. The lowest BCUT2D eigenvalue weighted by atomic mass is 9.61. The molecule has 2 aromatic rings. The van der Waals surface area contributed by atoms with Gasteiger partial charge >= 0.3 is 0 Å². The Bertz CT molecular complexity index is 629. The highest BCUT2D eigenvalue weighted by molar-refractivity contribution is 6.34. The van der Waals surface area contributed by atoms with Crippen LogP contribution in [0.4, 0.5) is 0 Å². The third kappa shape index (κ3) is 1.88. The smallest absolute Gasteiger partial charge is 0.192 e. The summed E-state index contributed by atoms with van der Waals surface area (Å²) in [5.41, 5.74) is 1.24. The molecule has 1 heterocycles. The molecule has 0 radical (unpaired) electrons. The zero-order valence-corrected chi connectivity index (χ0v) is 12.2. The Labute approximate surface area is 123 Å². The SMILES string of the molecule is CCn1ncc(Cl)c1C(=O)C1(c2ccccc2)CCC1. The first-order valence-electron chi connectivity index (χ1n) is 7.00. The molecule has 0 unspecified atom stereocenters. The molecule has 0 N–H and O–H groups in total. The molecule has 3 nitrogen and oxygen atoms in total. The number of nitrogens with zero attached hydrogens (tertiary/aromatic N) is 2. The minimum Gasteiger partial charge on any atom is -0.291 e. The van der Waals surface area contributed by atoms with Gasteiger partial charge in [-0.25, -0.2) is 0 Å². The van der Waals surface area contributed by atoms with Crippen LogP contribution in [-0.2, 0) is 12.0 Å². The molecule has 1 aromatic carbocycles. The van der Waals surface area contributed by atoms with Crippen molar-refractivity contribution in [2.75, 3.05) is 0 Å². The van der Waals surface area contributed by atoms with Gasteiger partial charge in [0, 0.05) is 6.54 Å². The normalized spacial score (nSPS) is 16.7. The van der Waals surface area contributed by atoms with Crippen molar-refractivity contribution in [3.05, 3.63) is 52.8 Å². The lowest BCUT2D eigenvalue weighted by Gasteiger charge is -2.41. The molecule has 3 rings (SSSR count). The van der Waals surface area contributed by atoms with Crippen LogP contribution >= 0.6 is 11.6 Å². The highest BCUT2D eigenvalue weighted by Crippen LogP contribution is 2.46. The Morgan fingerprint density at radius 1 is 1.35 bits per heavy atom. The van der Waals surface area contributed by atoms with E-state index in [2.05, 4.69) is 5.10 Å². The standard InChI is InChI=1S/C16H17ClN2O/c1-2-19-14(13(17)11-18-19)15(20)16(9-6-10-16)12-7-4-3-5-8-12/h3-5,7-8,11H,2,6,9-10H2,1H3. The monoisotopic (exact) mass is 288 g/mol. The molecule has 0 atom stereocenters. The maximum Gasteiger partial charge on any atom is 0.192 e. The second-order valence-electron chi connectivity index (χ2n) is 5.29. The first-order chi connectivity index (χ1) is 9.69. The number of rotatable bonds is 4. The molecule has 4 heteroatoms. The van der Waals surface area contributed by atoms with Gasteiger partial charge in [0.1, 0.15) is 5.69 Å². The van der Waals surface area contributed by atoms with E-state index in [1.54, 1.807) is 10.9 Å². The van der Waals surface area contributed by atoms with Crippen LogP contribution in [0.3, 0.4) is 0 Å². The lowest BCUT2D eigenvalue weighted by Crippen LogP contribution is -2.43. The first-order valence-corrected chi connectivity index (χ1v) is 7.38. The molecule has 0 aliphatic heterocycles. The molecular weight excluding hydrogens is 272 g/mol. The molecule has 1 fully saturated rings. The van der Waals surface area contributed by atoms with Crippen LogP contribution in [0.15, 0.2) is 36.5 Å². The first kappa shape index (κ1) is 13.4. The number of hydrogen-bond acceptors (Lipinski definition) is 2. The number of benzene rings is 1. The topological polar surface area (TPSA) is 34.9 Å². The van der Waals surface area contributed by atoms with Gasteiger partial charge < -0.3 is 0 Å². The molecule has 0 bridgehead atoms. The molecule has 1 saturated carbocycles. The van der Waals surface area contributed by atoms with Crippen molar-refractivity contribution >= 4 is 17.4 Å². The van der Waals surface area contributed by atoms with Crippen molar-refractivity contribution in [2.45, 2.75) is 38.1 Å². The summed E-state index contributed by atoms with van der Waals surface area (Å²) in [5, 5.41) is 4.64. The van der Waals surface area contributed by atoms with Gasteiger partial charge in [0.25, 0.3) is 0 Å². The van der Waals surface area contributed by atoms with Gasteiger partial charge in [-0.15, -0.1) is 0 Å². The molecule has 20 heavy (non-hydrogen) atoms. The van der Waals surface area contributed by atoms with E-state index < -0.39 is 5.41 Å². The largest absolute Gasteiger partial charge is 0.291 e. The van der Waals surface area contributed by atoms with Crippen LogP contribution in [-0.4, -0.2) is 15.6 Å². The number of carbonyl (C=O) groups is 1. The minimum absolute atomic E-state index is 0.110. The summed E-state index contributed by atoms with van der Waals surface area (Å²) in [6, 6.07) is 10.0. The van der Waals surface area contributed by atoms with Crippen LogP contribution in [0.1, 0.15) is 42.2 Å². The maximum absolute atomic E-state index is 13.1. The van der Waals surface area contributed by atoms with Gasteiger partial charge in [0.05, 0.1) is 16.6 Å². The molecule has 0 amide bonds. The van der Waals surface area contributed by atoms with Gasteiger partial charge in [-0.2, -0.15) is 5.10 Å². The van der Waals surface area contributed by atoms with Crippen LogP contribution in [0, 0.1) is 0 Å². The van der Waals surface area contributed by atoms with Gasteiger partial charge in [-0.1, -0.05) is 48.4 Å². The van der Waals surface area contributed by atoms with E-state index in [0.717, 1.165) is 24.8 Å². The average Bonchev–Trinajstić information content (AvgIpc) is 2.79. The van der Waals surface area contributed by atoms with Gasteiger partial charge in [-0.3, -0.25) is 9.48 Å². The Hall–Kier alpha value is -1.61. The molecule has 1 aliphatic rings. The Balaban J connectivity index is 2.06. The Kier molecular flexibility index (Phi) is 3.38. The van der Waals surface area contributed by atoms with E-state index in [1.165, 1.54) is 0 Å². The lowest BCUT2D eigenvalue weighted by molar-refractivity contribution is 0.0777. The van der Waals surface area contributed by atoms with E-state index in [0.29, 0.717) is 17.3 Å². The summed E-state index contributed by atoms with van der Waals surface area (Å²) in [7, 11) is 0. The zero-order valence-electron chi connectivity index (χ0n) is 11.5. The fraction of sp³-hybridized carbons (Fsp3) is 0.375. The average molecular weight is 289 g/mol. The second kappa shape index (κ2) is 5.06.